The first kappa shape index (κ1) is 19.2. The SMILES string of the molecule is Cc1ccc(S(=O)(=O)n2cc(-c3c(O)c(O)cc4ccccc34)c3ccccc32)cc1. The molecule has 0 atom stereocenters. The number of aromatic hydroxyl groups is 2. The van der Waals surface area contributed by atoms with Crippen LogP contribution in [0.4, 0.5) is 0 Å². The number of phenols is 2. The molecule has 0 saturated heterocycles. The van der Waals surface area contributed by atoms with Crippen molar-refractivity contribution in [2.24, 2.45) is 0 Å². The van der Waals surface area contributed by atoms with Gasteiger partial charge >= 0.3 is 0 Å². The Bertz CT molecular complexity index is 1570. The van der Waals surface area contributed by atoms with Crippen molar-refractivity contribution in [2.75, 3.05) is 0 Å². The maximum Gasteiger partial charge on any atom is 0.268 e. The van der Waals surface area contributed by atoms with Gasteiger partial charge in [-0.15, -0.1) is 0 Å². The van der Waals surface area contributed by atoms with E-state index in [4.69, 9.17) is 0 Å². The Morgan fingerprint density at radius 3 is 2.19 bits per heavy atom. The third kappa shape index (κ3) is 2.95. The molecule has 1 aromatic heterocycles. The second kappa shape index (κ2) is 6.89. The van der Waals surface area contributed by atoms with Gasteiger partial charge in [0, 0.05) is 22.7 Å². The molecule has 0 amide bonds. The summed E-state index contributed by atoms with van der Waals surface area (Å²) in [5, 5.41) is 23.2. The van der Waals surface area contributed by atoms with Gasteiger partial charge in [0.25, 0.3) is 10.0 Å². The summed E-state index contributed by atoms with van der Waals surface area (Å²) in [6.45, 7) is 1.90. The average molecular weight is 429 g/mol. The number of phenolic OH excluding ortho intramolecular Hbond substituents is 2. The fraction of sp³-hybridized carbons (Fsp3) is 0.0400. The average Bonchev–Trinajstić information content (AvgIpc) is 3.15. The zero-order valence-corrected chi connectivity index (χ0v) is 17.5. The second-order valence-electron chi connectivity index (χ2n) is 7.51. The van der Waals surface area contributed by atoms with Crippen LogP contribution in [0.2, 0.25) is 0 Å². The van der Waals surface area contributed by atoms with Gasteiger partial charge < -0.3 is 10.2 Å². The van der Waals surface area contributed by atoms with Crippen LogP contribution in [0.5, 0.6) is 11.5 Å². The number of rotatable bonds is 3. The van der Waals surface area contributed by atoms with Crippen molar-refractivity contribution in [1.29, 1.82) is 0 Å². The highest BCUT2D eigenvalue weighted by Gasteiger charge is 2.24. The van der Waals surface area contributed by atoms with E-state index in [2.05, 4.69) is 0 Å². The van der Waals surface area contributed by atoms with Gasteiger partial charge in [-0.3, -0.25) is 0 Å². The van der Waals surface area contributed by atoms with Crippen LogP contribution >= 0.6 is 0 Å². The van der Waals surface area contributed by atoms with Crippen LogP contribution in [0.1, 0.15) is 5.56 Å². The van der Waals surface area contributed by atoms with Crippen molar-refractivity contribution >= 4 is 31.7 Å². The highest BCUT2D eigenvalue weighted by Crippen LogP contribution is 2.45. The van der Waals surface area contributed by atoms with Crippen LogP contribution in [-0.2, 0) is 10.0 Å². The lowest BCUT2D eigenvalue weighted by molar-refractivity contribution is 0.406. The van der Waals surface area contributed by atoms with Crippen molar-refractivity contribution in [1.82, 2.24) is 3.97 Å². The molecule has 5 rings (SSSR count). The number of hydrogen-bond donors (Lipinski definition) is 2. The highest BCUT2D eigenvalue weighted by atomic mass is 32.2. The maximum absolute atomic E-state index is 13.5. The molecular formula is C25H19NO4S. The molecule has 0 aliphatic heterocycles. The third-order valence-corrected chi connectivity index (χ3v) is 7.21. The largest absolute Gasteiger partial charge is 0.504 e. The monoisotopic (exact) mass is 429 g/mol. The minimum Gasteiger partial charge on any atom is -0.504 e. The van der Waals surface area contributed by atoms with Gasteiger partial charge in [0.05, 0.1) is 10.4 Å². The fourth-order valence-corrected chi connectivity index (χ4v) is 5.34. The first-order valence-electron chi connectivity index (χ1n) is 9.74. The standard InChI is InChI=1S/C25H19NO4S/c1-16-10-12-18(13-11-16)31(29,30)26-15-21(20-8-4-5-9-22(20)26)24-19-7-3-2-6-17(19)14-23(27)25(24)28/h2-15,27-28H,1H3. The van der Waals surface area contributed by atoms with Gasteiger partial charge in [-0.2, -0.15) is 0 Å². The normalized spacial score (nSPS) is 11.9. The number of nitrogens with zero attached hydrogens (tertiary/aromatic N) is 1. The van der Waals surface area contributed by atoms with E-state index in [0.29, 0.717) is 27.4 Å². The lowest BCUT2D eigenvalue weighted by Gasteiger charge is -2.10. The first-order valence-corrected chi connectivity index (χ1v) is 11.2. The highest BCUT2D eigenvalue weighted by molar-refractivity contribution is 7.90. The van der Waals surface area contributed by atoms with E-state index in [1.165, 1.54) is 16.2 Å². The lowest BCUT2D eigenvalue weighted by Crippen LogP contribution is -2.11. The summed E-state index contributed by atoms with van der Waals surface area (Å²) in [6, 6.07) is 22.7. The summed E-state index contributed by atoms with van der Waals surface area (Å²) in [7, 11) is -3.87. The zero-order chi connectivity index (χ0) is 21.8. The summed E-state index contributed by atoms with van der Waals surface area (Å²) in [6.07, 6.45) is 1.51. The lowest BCUT2D eigenvalue weighted by atomic mass is 9.96. The van der Waals surface area contributed by atoms with Crippen molar-refractivity contribution in [3.8, 4) is 22.6 Å². The molecule has 4 aromatic carbocycles. The van der Waals surface area contributed by atoms with Gasteiger partial charge in [0.15, 0.2) is 11.5 Å². The van der Waals surface area contributed by atoms with Crippen LogP contribution in [0.15, 0.2) is 90.0 Å². The van der Waals surface area contributed by atoms with E-state index in [0.717, 1.165) is 10.9 Å². The molecule has 0 saturated carbocycles. The Morgan fingerprint density at radius 2 is 1.45 bits per heavy atom. The van der Waals surface area contributed by atoms with Gasteiger partial charge in [0.1, 0.15) is 0 Å². The number of aromatic nitrogens is 1. The summed E-state index contributed by atoms with van der Waals surface area (Å²) < 4.78 is 28.2. The quantitative estimate of drug-likeness (QED) is 0.376. The summed E-state index contributed by atoms with van der Waals surface area (Å²) >= 11 is 0. The van der Waals surface area contributed by atoms with Crippen LogP contribution in [-0.4, -0.2) is 22.6 Å². The van der Waals surface area contributed by atoms with Gasteiger partial charge in [0.2, 0.25) is 0 Å². The minimum absolute atomic E-state index is 0.176. The molecule has 0 aliphatic carbocycles. The predicted octanol–water partition coefficient (Wildman–Crippen LogP) is 5.42. The molecule has 5 nitrogen and oxygen atoms in total. The van der Waals surface area contributed by atoms with Crippen LogP contribution < -0.4 is 0 Å². The molecule has 0 bridgehead atoms. The van der Waals surface area contributed by atoms with Crippen molar-refractivity contribution in [3.63, 3.8) is 0 Å². The molecule has 0 fully saturated rings. The van der Waals surface area contributed by atoms with Gasteiger partial charge in [-0.05, 0) is 42.0 Å². The van der Waals surface area contributed by atoms with Crippen LogP contribution in [0.25, 0.3) is 32.8 Å². The molecule has 2 N–H and O–H groups in total. The molecule has 0 spiro atoms. The smallest absolute Gasteiger partial charge is 0.268 e. The summed E-state index contributed by atoms with van der Waals surface area (Å²) in [5.41, 5.74) is 2.37. The molecule has 5 aromatic rings. The number of fused-ring (bicyclic) bond motifs is 2. The van der Waals surface area contributed by atoms with Gasteiger partial charge in [-0.25, -0.2) is 12.4 Å². The van der Waals surface area contributed by atoms with Crippen molar-refractivity contribution in [3.05, 3.63) is 90.6 Å². The zero-order valence-electron chi connectivity index (χ0n) is 16.6. The van der Waals surface area contributed by atoms with Gasteiger partial charge in [-0.1, -0.05) is 60.2 Å². The van der Waals surface area contributed by atoms with E-state index in [9.17, 15) is 18.6 Å². The molecule has 31 heavy (non-hydrogen) atoms. The second-order valence-corrected chi connectivity index (χ2v) is 9.33. The Labute approximate surface area is 179 Å². The molecule has 0 aliphatic rings. The van der Waals surface area contributed by atoms with Crippen LogP contribution in [0, 0.1) is 6.92 Å². The Morgan fingerprint density at radius 1 is 0.806 bits per heavy atom. The maximum atomic E-state index is 13.5. The van der Waals surface area contributed by atoms with E-state index < -0.39 is 10.0 Å². The Hall–Kier alpha value is -3.77. The Kier molecular flexibility index (Phi) is 4.27. The molecule has 154 valence electrons. The third-order valence-electron chi connectivity index (χ3n) is 5.53. The minimum atomic E-state index is -3.87. The Balaban J connectivity index is 1.86. The number of benzene rings is 4. The molecular weight excluding hydrogens is 410 g/mol. The van der Waals surface area contributed by atoms with E-state index in [1.54, 1.807) is 36.4 Å². The predicted molar refractivity (Wildman–Crippen MR) is 122 cm³/mol. The van der Waals surface area contributed by atoms with E-state index >= 15 is 0 Å². The molecule has 1 heterocycles. The topological polar surface area (TPSA) is 79.5 Å². The van der Waals surface area contributed by atoms with E-state index in [1.807, 2.05) is 43.3 Å². The number of hydrogen-bond acceptors (Lipinski definition) is 4. The number of para-hydroxylation sites is 1. The summed E-state index contributed by atoms with van der Waals surface area (Å²) in [4.78, 5) is 0.176. The van der Waals surface area contributed by atoms with Crippen molar-refractivity contribution in [2.45, 2.75) is 11.8 Å². The fourth-order valence-electron chi connectivity index (χ4n) is 3.97. The molecule has 6 heteroatoms. The molecule has 0 unspecified atom stereocenters. The van der Waals surface area contributed by atoms with E-state index in [-0.39, 0.29) is 16.4 Å². The first-order chi connectivity index (χ1) is 14.9. The van der Waals surface area contributed by atoms with Crippen molar-refractivity contribution < 1.29 is 18.6 Å². The summed E-state index contributed by atoms with van der Waals surface area (Å²) in [5.74, 6) is -0.541. The van der Waals surface area contributed by atoms with Crippen LogP contribution in [0.3, 0.4) is 0 Å². The molecule has 0 radical (unpaired) electrons. The number of aryl methyl sites for hydroxylation is 1.